The van der Waals surface area contributed by atoms with Crippen LogP contribution in [-0.2, 0) is 4.79 Å². The zero-order valence-electron chi connectivity index (χ0n) is 12.0. The van der Waals surface area contributed by atoms with Gasteiger partial charge in [-0.3, -0.25) is 4.79 Å². The van der Waals surface area contributed by atoms with E-state index in [0.29, 0.717) is 19.0 Å². The van der Waals surface area contributed by atoms with E-state index in [-0.39, 0.29) is 12.5 Å². The summed E-state index contributed by atoms with van der Waals surface area (Å²) in [6.45, 7) is 6.33. The van der Waals surface area contributed by atoms with Gasteiger partial charge in [-0.1, -0.05) is 0 Å². The van der Waals surface area contributed by atoms with E-state index in [1.54, 1.807) is 49.2 Å². The Hall–Kier alpha value is -1.69. The molecule has 0 fully saturated rings. The number of carbonyl (C=O) groups excluding carboxylic acids is 1. The summed E-state index contributed by atoms with van der Waals surface area (Å²) in [5.74, 6) is 0.453. The molecule has 1 heterocycles. The Labute approximate surface area is 114 Å². The minimum absolute atomic E-state index is 0.0559. The van der Waals surface area contributed by atoms with Crippen molar-refractivity contribution in [2.24, 2.45) is 0 Å². The topological polar surface area (TPSA) is 69.6 Å². The van der Waals surface area contributed by atoms with Crippen LogP contribution in [0.2, 0.25) is 0 Å². The lowest BCUT2D eigenvalue weighted by Crippen LogP contribution is -2.46. The molecule has 6 heteroatoms. The van der Waals surface area contributed by atoms with Crippen LogP contribution in [0.4, 0.5) is 5.95 Å². The van der Waals surface area contributed by atoms with E-state index >= 15 is 0 Å². The third kappa shape index (κ3) is 5.21. The van der Waals surface area contributed by atoms with Crippen LogP contribution in [0.25, 0.3) is 0 Å². The molecule has 0 aliphatic carbocycles. The lowest BCUT2D eigenvalue weighted by Gasteiger charge is -2.29. The van der Waals surface area contributed by atoms with Crippen molar-refractivity contribution in [3.8, 4) is 0 Å². The largest absolute Gasteiger partial charge is 0.389 e. The third-order valence-corrected chi connectivity index (χ3v) is 2.58. The molecule has 0 saturated heterocycles. The zero-order chi connectivity index (χ0) is 14.5. The highest BCUT2D eigenvalue weighted by Gasteiger charge is 2.22. The Kier molecular flexibility index (Phi) is 5.23. The number of anilines is 1. The predicted octanol–water partition coefficient (Wildman–Crippen LogP) is 0.532. The Morgan fingerprint density at radius 1 is 1.37 bits per heavy atom. The second kappa shape index (κ2) is 6.47. The standard InChI is InChI=1S/C13H22N4O2/c1-5-17(10-13(2,3)19)11(18)9-16(4)12-14-7-6-8-15-12/h6-8,19H,5,9-10H2,1-4H3. The van der Waals surface area contributed by atoms with E-state index in [1.807, 2.05) is 6.92 Å². The smallest absolute Gasteiger partial charge is 0.242 e. The van der Waals surface area contributed by atoms with Crippen LogP contribution in [0.1, 0.15) is 20.8 Å². The molecular weight excluding hydrogens is 244 g/mol. The molecule has 1 amide bonds. The van der Waals surface area contributed by atoms with E-state index in [4.69, 9.17) is 0 Å². The van der Waals surface area contributed by atoms with Gasteiger partial charge in [-0.25, -0.2) is 9.97 Å². The molecule has 0 bridgehead atoms. The Bertz CT molecular complexity index is 403. The van der Waals surface area contributed by atoms with Crippen molar-refractivity contribution in [3.05, 3.63) is 18.5 Å². The van der Waals surface area contributed by atoms with E-state index in [2.05, 4.69) is 9.97 Å². The van der Waals surface area contributed by atoms with Crippen molar-refractivity contribution in [1.82, 2.24) is 14.9 Å². The number of aliphatic hydroxyl groups is 1. The second-order valence-corrected chi connectivity index (χ2v) is 5.13. The van der Waals surface area contributed by atoms with E-state index in [9.17, 15) is 9.90 Å². The molecule has 0 aliphatic rings. The maximum absolute atomic E-state index is 12.2. The highest BCUT2D eigenvalue weighted by atomic mass is 16.3. The quantitative estimate of drug-likeness (QED) is 0.813. The highest BCUT2D eigenvalue weighted by Crippen LogP contribution is 2.07. The minimum atomic E-state index is -0.895. The van der Waals surface area contributed by atoms with Gasteiger partial charge in [-0.05, 0) is 26.8 Å². The monoisotopic (exact) mass is 266 g/mol. The zero-order valence-corrected chi connectivity index (χ0v) is 12.0. The first-order chi connectivity index (χ1) is 8.83. The molecule has 106 valence electrons. The molecule has 0 radical (unpaired) electrons. The van der Waals surface area contributed by atoms with Gasteiger partial charge in [0.15, 0.2) is 0 Å². The fraction of sp³-hybridized carbons (Fsp3) is 0.615. The summed E-state index contributed by atoms with van der Waals surface area (Å²) >= 11 is 0. The number of carbonyl (C=O) groups is 1. The number of amides is 1. The van der Waals surface area contributed by atoms with Crippen molar-refractivity contribution in [3.63, 3.8) is 0 Å². The highest BCUT2D eigenvalue weighted by molar-refractivity contribution is 5.80. The first-order valence-electron chi connectivity index (χ1n) is 6.32. The van der Waals surface area contributed by atoms with Crippen LogP contribution >= 0.6 is 0 Å². The molecule has 1 aromatic rings. The fourth-order valence-corrected chi connectivity index (χ4v) is 1.71. The molecule has 6 nitrogen and oxygen atoms in total. The first-order valence-corrected chi connectivity index (χ1v) is 6.32. The molecule has 0 atom stereocenters. The molecule has 19 heavy (non-hydrogen) atoms. The Morgan fingerprint density at radius 3 is 2.42 bits per heavy atom. The molecular formula is C13H22N4O2. The first kappa shape index (κ1) is 15.4. The molecule has 1 N–H and O–H groups in total. The van der Waals surface area contributed by atoms with Gasteiger partial charge >= 0.3 is 0 Å². The van der Waals surface area contributed by atoms with Crippen molar-refractivity contribution in [2.75, 3.05) is 31.6 Å². The number of hydrogen-bond acceptors (Lipinski definition) is 5. The van der Waals surface area contributed by atoms with Crippen molar-refractivity contribution in [1.29, 1.82) is 0 Å². The van der Waals surface area contributed by atoms with Gasteiger partial charge in [0.1, 0.15) is 0 Å². The summed E-state index contributed by atoms with van der Waals surface area (Å²) in [5.41, 5.74) is -0.895. The van der Waals surface area contributed by atoms with Crippen molar-refractivity contribution >= 4 is 11.9 Å². The summed E-state index contributed by atoms with van der Waals surface area (Å²) < 4.78 is 0. The van der Waals surface area contributed by atoms with E-state index < -0.39 is 5.60 Å². The summed E-state index contributed by atoms with van der Waals surface area (Å²) in [7, 11) is 1.77. The average molecular weight is 266 g/mol. The number of nitrogens with zero attached hydrogens (tertiary/aromatic N) is 4. The molecule has 0 aromatic carbocycles. The van der Waals surface area contributed by atoms with Crippen LogP contribution in [0.15, 0.2) is 18.5 Å². The van der Waals surface area contributed by atoms with Gasteiger partial charge in [-0.2, -0.15) is 0 Å². The number of rotatable bonds is 6. The van der Waals surface area contributed by atoms with Gasteiger partial charge in [0, 0.05) is 32.5 Å². The van der Waals surface area contributed by atoms with E-state index in [1.165, 1.54) is 0 Å². The number of aromatic nitrogens is 2. The maximum Gasteiger partial charge on any atom is 0.242 e. The van der Waals surface area contributed by atoms with Crippen LogP contribution in [0.3, 0.4) is 0 Å². The van der Waals surface area contributed by atoms with Crippen molar-refractivity contribution < 1.29 is 9.90 Å². The summed E-state index contributed by atoms with van der Waals surface area (Å²) in [5, 5.41) is 9.79. The second-order valence-electron chi connectivity index (χ2n) is 5.13. The Balaban J connectivity index is 2.62. The molecule has 0 unspecified atom stereocenters. The summed E-state index contributed by atoms with van der Waals surface area (Å²) in [6, 6.07) is 1.73. The van der Waals surface area contributed by atoms with Gasteiger partial charge in [0.25, 0.3) is 0 Å². The molecule has 0 spiro atoms. The fourth-order valence-electron chi connectivity index (χ4n) is 1.71. The van der Waals surface area contributed by atoms with Crippen molar-refractivity contribution in [2.45, 2.75) is 26.4 Å². The molecule has 1 rings (SSSR count). The number of likely N-dealkylation sites (N-methyl/N-ethyl adjacent to an activating group) is 2. The van der Waals surface area contributed by atoms with Crippen LogP contribution in [-0.4, -0.2) is 58.2 Å². The van der Waals surface area contributed by atoms with Gasteiger partial charge in [0.2, 0.25) is 11.9 Å². The normalized spacial score (nSPS) is 11.2. The molecule has 0 aliphatic heterocycles. The maximum atomic E-state index is 12.2. The minimum Gasteiger partial charge on any atom is -0.389 e. The molecule has 0 saturated carbocycles. The van der Waals surface area contributed by atoms with Gasteiger partial charge in [0.05, 0.1) is 12.1 Å². The predicted molar refractivity (Wildman–Crippen MR) is 73.9 cm³/mol. The Morgan fingerprint density at radius 2 is 1.95 bits per heavy atom. The third-order valence-electron chi connectivity index (χ3n) is 2.58. The average Bonchev–Trinajstić information content (AvgIpc) is 2.35. The summed E-state index contributed by atoms with van der Waals surface area (Å²) in [4.78, 5) is 23.6. The lowest BCUT2D eigenvalue weighted by atomic mass is 10.1. The van der Waals surface area contributed by atoms with E-state index in [0.717, 1.165) is 0 Å². The van der Waals surface area contributed by atoms with Gasteiger partial charge < -0.3 is 14.9 Å². The molecule has 1 aromatic heterocycles. The lowest BCUT2D eigenvalue weighted by molar-refractivity contribution is -0.132. The summed E-state index contributed by atoms with van der Waals surface area (Å²) in [6.07, 6.45) is 3.27. The van der Waals surface area contributed by atoms with Crippen LogP contribution < -0.4 is 4.90 Å². The SMILES string of the molecule is CCN(CC(C)(C)O)C(=O)CN(C)c1ncccn1. The van der Waals surface area contributed by atoms with Crippen LogP contribution in [0.5, 0.6) is 0 Å². The van der Waals surface area contributed by atoms with Crippen LogP contribution in [0, 0.1) is 0 Å². The van der Waals surface area contributed by atoms with Gasteiger partial charge in [-0.15, -0.1) is 0 Å². The number of hydrogen-bond donors (Lipinski definition) is 1.